The smallest absolute Gasteiger partial charge is 0.408 e. The maximum Gasteiger partial charge on any atom is 0.408 e. The van der Waals surface area contributed by atoms with Crippen molar-refractivity contribution in [3.63, 3.8) is 0 Å². The molecule has 1 aliphatic rings. The van der Waals surface area contributed by atoms with Crippen LogP contribution < -0.4 is 15.5 Å². The number of alkyl carbamates (subject to hydrolysis) is 1. The van der Waals surface area contributed by atoms with E-state index in [-0.39, 0.29) is 25.0 Å². The van der Waals surface area contributed by atoms with Crippen molar-refractivity contribution in [1.82, 2.24) is 10.6 Å². The Balaban J connectivity index is 1.38. The number of hydrogen-bond acceptors (Lipinski definition) is 4. The second-order valence-electron chi connectivity index (χ2n) is 8.84. The SMILES string of the molecule is O=C(NC(Cc1ccccc1)C(=O)NCc1cccc(N2CCCCC2=O)c1)OCc1ccccc1. The van der Waals surface area contributed by atoms with Gasteiger partial charge in [-0.25, -0.2) is 4.79 Å². The number of anilines is 1. The standard InChI is InChI=1S/C29H31N3O4/c33-27-16-7-8-17-32(27)25-15-9-14-24(18-25)20-30-28(34)26(19-22-10-3-1-4-11-22)31-29(35)36-21-23-12-5-2-6-13-23/h1-6,9-15,18,26H,7-8,16-17,19-21H2,(H,30,34)(H,31,35). The first-order valence-electron chi connectivity index (χ1n) is 12.3. The van der Waals surface area contributed by atoms with E-state index in [9.17, 15) is 14.4 Å². The third-order valence-electron chi connectivity index (χ3n) is 6.12. The largest absolute Gasteiger partial charge is 0.445 e. The van der Waals surface area contributed by atoms with Crippen molar-refractivity contribution in [2.24, 2.45) is 0 Å². The molecule has 7 heteroatoms. The van der Waals surface area contributed by atoms with Crippen LogP contribution in [0.1, 0.15) is 36.0 Å². The van der Waals surface area contributed by atoms with Gasteiger partial charge in [-0.2, -0.15) is 0 Å². The summed E-state index contributed by atoms with van der Waals surface area (Å²) in [5.41, 5.74) is 3.51. The number of benzene rings is 3. The lowest BCUT2D eigenvalue weighted by molar-refractivity contribution is -0.123. The van der Waals surface area contributed by atoms with Crippen LogP contribution in [0.4, 0.5) is 10.5 Å². The Morgan fingerprint density at radius 2 is 1.56 bits per heavy atom. The highest BCUT2D eigenvalue weighted by Crippen LogP contribution is 2.22. The Hall–Kier alpha value is -4.13. The average molecular weight is 486 g/mol. The first kappa shape index (κ1) is 25.0. The van der Waals surface area contributed by atoms with Gasteiger partial charge in [-0.3, -0.25) is 9.59 Å². The van der Waals surface area contributed by atoms with E-state index in [0.29, 0.717) is 19.4 Å². The van der Waals surface area contributed by atoms with E-state index >= 15 is 0 Å². The molecule has 1 aliphatic heterocycles. The first-order valence-corrected chi connectivity index (χ1v) is 12.3. The lowest BCUT2D eigenvalue weighted by Crippen LogP contribution is -2.48. The van der Waals surface area contributed by atoms with E-state index in [2.05, 4.69) is 10.6 Å². The van der Waals surface area contributed by atoms with Crippen LogP contribution in [0.3, 0.4) is 0 Å². The summed E-state index contributed by atoms with van der Waals surface area (Å²) in [5.74, 6) is -0.182. The molecule has 1 heterocycles. The quantitative estimate of drug-likeness (QED) is 0.472. The Labute approximate surface area is 211 Å². The zero-order chi connectivity index (χ0) is 25.2. The molecule has 0 aliphatic carbocycles. The van der Waals surface area contributed by atoms with E-state index in [1.165, 1.54) is 0 Å². The number of hydrogen-bond donors (Lipinski definition) is 2. The highest BCUT2D eigenvalue weighted by Gasteiger charge is 2.23. The van der Waals surface area contributed by atoms with Crippen molar-refractivity contribution in [2.45, 2.75) is 44.9 Å². The number of amides is 3. The molecule has 1 unspecified atom stereocenters. The van der Waals surface area contributed by atoms with Crippen molar-refractivity contribution >= 4 is 23.6 Å². The summed E-state index contributed by atoms with van der Waals surface area (Å²) in [6, 6.07) is 25.7. The van der Waals surface area contributed by atoms with E-state index in [0.717, 1.165) is 35.2 Å². The van der Waals surface area contributed by atoms with Gasteiger partial charge in [-0.15, -0.1) is 0 Å². The van der Waals surface area contributed by atoms with Gasteiger partial charge in [0.05, 0.1) is 0 Å². The molecular weight excluding hydrogens is 454 g/mol. The van der Waals surface area contributed by atoms with E-state index in [4.69, 9.17) is 4.74 Å². The minimum absolute atomic E-state index is 0.119. The number of piperidine rings is 1. The number of rotatable bonds is 9. The molecule has 0 saturated carbocycles. The minimum Gasteiger partial charge on any atom is -0.445 e. The van der Waals surface area contributed by atoms with Crippen molar-refractivity contribution in [1.29, 1.82) is 0 Å². The fourth-order valence-electron chi connectivity index (χ4n) is 4.19. The van der Waals surface area contributed by atoms with Crippen molar-refractivity contribution in [3.05, 3.63) is 102 Å². The van der Waals surface area contributed by atoms with Crippen LogP contribution in [0.2, 0.25) is 0 Å². The van der Waals surface area contributed by atoms with Gasteiger partial charge in [-0.05, 0) is 41.7 Å². The van der Waals surface area contributed by atoms with Gasteiger partial charge in [0.15, 0.2) is 0 Å². The molecular formula is C29H31N3O4. The maximum absolute atomic E-state index is 13.1. The molecule has 0 bridgehead atoms. The summed E-state index contributed by atoms with van der Waals surface area (Å²) in [7, 11) is 0. The minimum atomic E-state index is -0.803. The zero-order valence-electron chi connectivity index (χ0n) is 20.2. The maximum atomic E-state index is 13.1. The van der Waals surface area contributed by atoms with Crippen LogP contribution in [0.25, 0.3) is 0 Å². The lowest BCUT2D eigenvalue weighted by Gasteiger charge is -2.27. The molecule has 2 N–H and O–H groups in total. The highest BCUT2D eigenvalue weighted by molar-refractivity contribution is 5.94. The lowest BCUT2D eigenvalue weighted by atomic mass is 10.1. The van der Waals surface area contributed by atoms with Gasteiger partial charge in [0.1, 0.15) is 12.6 Å². The molecule has 0 aromatic heterocycles. The van der Waals surface area contributed by atoms with Gasteiger partial charge >= 0.3 is 6.09 Å². The molecule has 0 radical (unpaired) electrons. The van der Waals surface area contributed by atoms with Crippen LogP contribution in [0, 0.1) is 0 Å². The van der Waals surface area contributed by atoms with Gasteiger partial charge in [0.25, 0.3) is 0 Å². The molecule has 4 rings (SSSR count). The molecule has 3 aromatic rings. The molecule has 36 heavy (non-hydrogen) atoms. The predicted molar refractivity (Wildman–Crippen MR) is 138 cm³/mol. The first-order chi connectivity index (χ1) is 17.6. The number of carbonyl (C=O) groups is 3. The highest BCUT2D eigenvalue weighted by atomic mass is 16.5. The summed E-state index contributed by atoms with van der Waals surface area (Å²) >= 11 is 0. The Kier molecular flexibility index (Phi) is 8.70. The van der Waals surface area contributed by atoms with Gasteiger partial charge in [-0.1, -0.05) is 72.8 Å². The molecule has 186 valence electrons. The molecule has 0 spiro atoms. The second kappa shape index (κ2) is 12.5. The topological polar surface area (TPSA) is 87.7 Å². The van der Waals surface area contributed by atoms with Gasteiger partial charge < -0.3 is 20.3 Å². The normalized spacial score (nSPS) is 14.1. The molecule has 1 saturated heterocycles. The fraction of sp³-hybridized carbons (Fsp3) is 0.276. The molecule has 1 fully saturated rings. The van der Waals surface area contributed by atoms with Crippen molar-refractivity contribution in [3.8, 4) is 0 Å². The summed E-state index contributed by atoms with van der Waals surface area (Å²) in [6.07, 6.45) is 2.15. The van der Waals surface area contributed by atoms with Crippen LogP contribution >= 0.6 is 0 Å². The number of nitrogens with one attached hydrogen (secondary N) is 2. The fourth-order valence-corrected chi connectivity index (χ4v) is 4.19. The van der Waals surface area contributed by atoms with E-state index in [1.54, 1.807) is 4.90 Å². The monoisotopic (exact) mass is 485 g/mol. The summed E-state index contributed by atoms with van der Waals surface area (Å²) in [5, 5.41) is 5.64. The van der Waals surface area contributed by atoms with Crippen molar-refractivity contribution in [2.75, 3.05) is 11.4 Å². The number of carbonyl (C=O) groups excluding carboxylic acids is 3. The Morgan fingerprint density at radius 3 is 2.28 bits per heavy atom. The third kappa shape index (κ3) is 7.18. The van der Waals surface area contributed by atoms with E-state index in [1.807, 2.05) is 84.9 Å². The Morgan fingerprint density at radius 1 is 0.861 bits per heavy atom. The zero-order valence-corrected chi connectivity index (χ0v) is 20.2. The van der Waals surface area contributed by atoms with E-state index < -0.39 is 12.1 Å². The molecule has 3 amide bonds. The third-order valence-corrected chi connectivity index (χ3v) is 6.12. The number of nitrogens with zero attached hydrogens (tertiary/aromatic N) is 1. The van der Waals surface area contributed by atoms with Crippen LogP contribution in [0.5, 0.6) is 0 Å². The average Bonchev–Trinajstić information content (AvgIpc) is 2.92. The molecule has 3 aromatic carbocycles. The summed E-state index contributed by atoms with van der Waals surface area (Å²) in [6.45, 7) is 1.11. The predicted octanol–water partition coefficient (Wildman–Crippen LogP) is 4.36. The molecule has 1 atom stereocenters. The Bertz CT molecular complexity index is 1170. The van der Waals surface area contributed by atoms with Crippen LogP contribution in [-0.4, -0.2) is 30.5 Å². The van der Waals surface area contributed by atoms with Crippen LogP contribution in [0.15, 0.2) is 84.9 Å². The molecule has 7 nitrogen and oxygen atoms in total. The second-order valence-corrected chi connectivity index (χ2v) is 8.84. The van der Waals surface area contributed by atoms with Gasteiger partial charge in [0, 0.05) is 31.6 Å². The van der Waals surface area contributed by atoms with Gasteiger partial charge in [0.2, 0.25) is 11.8 Å². The van der Waals surface area contributed by atoms with Crippen LogP contribution in [-0.2, 0) is 33.9 Å². The summed E-state index contributed by atoms with van der Waals surface area (Å²) in [4.78, 5) is 39.7. The number of ether oxygens (including phenoxy) is 1. The summed E-state index contributed by atoms with van der Waals surface area (Å²) < 4.78 is 5.33. The van der Waals surface area contributed by atoms with Crippen molar-refractivity contribution < 1.29 is 19.1 Å².